The van der Waals surface area contributed by atoms with E-state index < -0.39 is 0 Å². The molecule has 0 atom stereocenters. The van der Waals surface area contributed by atoms with Crippen LogP contribution in [0.25, 0.3) is 10.9 Å². The van der Waals surface area contributed by atoms with Crippen LogP contribution in [-0.4, -0.2) is 61.3 Å². The summed E-state index contributed by atoms with van der Waals surface area (Å²) in [4.78, 5) is 15.3. The summed E-state index contributed by atoms with van der Waals surface area (Å²) in [6.45, 7) is 5.83. The number of carbonyl (C=O) groups is 1. The van der Waals surface area contributed by atoms with Gasteiger partial charge in [-0.15, -0.1) is 0 Å². The highest BCUT2D eigenvalue weighted by Crippen LogP contribution is 2.31. The van der Waals surface area contributed by atoms with Crippen molar-refractivity contribution < 1.29 is 9.53 Å². The number of para-hydroxylation sites is 1. The molecule has 0 unspecified atom stereocenters. The van der Waals surface area contributed by atoms with Gasteiger partial charge >= 0.3 is 0 Å². The van der Waals surface area contributed by atoms with Gasteiger partial charge in [0, 0.05) is 37.3 Å². The standard InChI is InChI=1S/C20H27N3O2/c24-20(15-21-9-10-22-11-13-25-14-12-22)23-18-7-3-1-5-16(18)17-6-2-4-8-19(17)23/h1,3,5,7,21H,2,4,6,8-15H2. The first kappa shape index (κ1) is 16.8. The number of nitrogens with one attached hydrogen (secondary N) is 1. The van der Waals surface area contributed by atoms with Crippen LogP contribution in [0.4, 0.5) is 0 Å². The van der Waals surface area contributed by atoms with E-state index in [1.165, 1.54) is 29.5 Å². The van der Waals surface area contributed by atoms with Crippen LogP contribution in [0.3, 0.4) is 0 Å². The molecular weight excluding hydrogens is 314 g/mol. The Morgan fingerprint density at radius 1 is 1.12 bits per heavy atom. The Morgan fingerprint density at radius 2 is 1.92 bits per heavy atom. The molecule has 25 heavy (non-hydrogen) atoms. The molecule has 1 aromatic heterocycles. The number of fused-ring (bicyclic) bond motifs is 3. The number of hydrogen-bond acceptors (Lipinski definition) is 4. The molecule has 1 aliphatic carbocycles. The summed E-state index contributed by atoms with van der Waals surface area (Å²) >= 11 is 0. The molecule has 1 fully saturated rings. The molecule has 1 aliphatic heterocycles. The number of hydrogen-bond donors (Lipinski definition) is 1. The van der Waals surface area contributed by atoms with Crippen molar-refractivity contribution in [2.24, 2.45) is 0 Å². The van der Waals surface area contributed by atoms with Crippen LogP contribution in [0, 0.1) is 0 Å². The second-order valence-corrected chi connectivity index (χ2v) is 7.01. The Bertz CT molecular complexity index is 747. The van der Waals surface area contributed by atoms with E-state index in [4.69, 9.17) is 4.74 Å². The normalized spacial score (nSPS) is 18.4. The predicted molar refractivity (Wildman–Crippen MR) is 99.3 cm³/mol. The number of morpholine rings is 1. The molecule has 0 spiro atoms. The number of ether oxygens (including phenoxy) is 1. The summed E-state index contributed by atoms with van der Waals surface area (Å²) < 4.78 is 7.35. The molecule has 0 amide bonds. The van der Waals surface area contributed by atoms with Gasteiger partial charge in [-0.3, -0.25) is 14.3 Å². The predicted octanol–water partition coefficient (Wildman–Crippen LogP) is 2.08. The van der Waals surface area contributed by atoms with E-state index in [0.29, 0.717) is 6.54 Å². The van der Waals surface area contributed by atoms with Gasteiger partial charge < -0.3 is 10.1 Å². The highest BCUT2D eigenvalue weighted by Gasteiger charge is 2.22. The molecule has 5 nitrogen and oxygen atoms in total. The number of nitrogens with zero attached hydrogens (tertiary/aromatic N) is 2. The SMILES string of the molecule is O=C(CNCCN1CCOCC1)n1c2c(c3ccccc31)CCCC2. The third-order valence-corrected chi connectivity index (χ3v) is 5.41. The van der Waals surface area contributed by atoms with Gasteiger partial charge in [0.1, 0.15) is 0 Å². The van der Waals surface area contributed by atoms with Crippen molar-refractivity contribution in [1.29, 1.82) is 0 Å². The van der Waals surface area contributed by atoms with Gasteiger partial charge in [0.2, 0.25) is 5.91 Å². The van der Waals surface area contributed by atoms with Crippen molar-refractivity contribution in [3.63, 3.8) is 0 Å². The maximum absolute atomic E-state index is 12.9. The number of aromatic nitrogens is 1. The van der Waals surface area contributed by atoms with Crippen molar-refractivity contribution in [1.82, 2.24) is 14.8 Å². The van der Waals surface area contributed by atoms with Crippen molar-refractivity contribution >= 4 is 16.8 Å². The Morgan fingerprint density at radius 3 is 2.80 bits per heavy atom. The highest BCUT2D eigenvalue weighted by atomic mass is 16.5. The second-order valence-electron chi connectivity index (χ2n) is 7.01. The van der Waals surface area contributed by atoms with E-state index >= 15 is 0 Å². The van der Waals surface area contributed by atoms with Crippen molar-refractivity contribution in [3.05, 3.63) is 35.5 Å². The molecule has 1 saturated heterocycles. The second kappa shape index (κ2) is 7.68. The van der Waals surface area contributed by atoms with Crippen molar-refractivity contribution in [2.45, 2.75) is 25.7 Å². The van der Waals surface area contributed by atoms with Gasteiger partial charge in [0.05, 0.1) is 25.3 Å². The lowest BCUT2D eigenvalue weighted by atomic mass is 9.95. The number of aryl methyl sites for hydroxylation is 1. The van der Waals surface area contributed by atoms with Gasteiger partial charge in [-0.1, -0.05) is 18.2 Å². The van der Waals surface area contributed by atoms with Gasteiger partial charge in [0.15, 0.2) is 0 Å². The number of carbonyl (C=O) groups excluding carboxylic acids is 1. The van der Waals surface area contributed by atoms with Crippen LogP contribution in [-0.2, 0) is 17.6 Å². The minimum Gasteiger partial charge on any atom is -0.379 e. The zero-order valence-electron chi connectivity index (χ0n) is 14.8. The molecule has 2 aliphatic rings. The molecule has 1 aromatic carbocycles. The molecule has 0 radical (unpaired) electrons. The monoisotopic (exact) mass is 341 g/mol. The van der Waals surface area contributed by atoms with Crippen LogP contribution >= 0.6 is 0 Å². The van der Waals surface area contributed by atoms with Gasteiger partial charge in [-0.25, -0.2) is 0 Å². The first-order valence-electron chi connectivity index (χ1n) is 9.50. The lowest BCUT2D eigenvalue weighted by Crippen LogP contribution is -2.41. The van der Waals surface area contributed by atoms with Crippen molar-refractivity contribution in [3.8, 4) is 0 Å². The fraction of sp³-hybridized carbons (Fsp3) is 0.550. The minimum absolute atomic E-state index is 0.168. The Labute approximate surface area is 148 Å². The topological polar surface area (TPSA) is 46.5 Å². The largest absolute Gasteiger partial charge is 0.379 e. The lowest BCUT2D eigenvalue weighted by Gasteiger charge is -2.26. The summed E-state index contributed by atoms with van der Waals surface area (Å²) in [6, 6.07) is 8.35. The van der Waals surface area contributed by atoms with Gasteiger partial charge in [0.25, 0.3) is 0 Å². The third kappa shape index (κ3) is 3.50. The van der Waals surface area contributed by atoms with E-state index in [1.807, 2.05) is 10.6 Å². The Balaban J connectivity index is 1.43. The average Bonchev–Trinajstić information content (AvgIpc) is 3.01. The molecule has 2 heterocycles. The maximum atomic E-state index is 12.9. The fourth-order valence-electron chi connectivity index (χ4n) is 4.12. The Hall–Kier alpha value is -1.69. The van der Waals surface area contributed by atoms with E-state index in [0.717, 1.165) is 57.8 Å². The zero-order chi connectivity index (χ0) is 17.1. The molecule has 134 valence electrons. The number of benzene rings is 1. The first-order valence-corrected chi connectivity index (χ1v) is 9.50. The lowest BCUT2D eigenvalue weighted by molar-refractivity contribution is 0.0384. The Kier molecular flexibility index (Phi) is 5.15. The fourth-order valence-corrected chi connectivity index (χ4v) is 4.12. The van der Waals surface area contributed by atoms with Gasteiger partial charge in [-0.05, 0) is 37.3 Å². The number of rotatable bonds is 5. The minimum atomic E-state index is 0.168. The van der Waals surface area contributed by atoms with Gasteiger partial charge in [-0.2, -0.15) is 0 Å². The smallest absolute Gasteiger partial charge is 0.245 e. The maximum Gasteiger partial charge on any atom is 0.245 e. The van der Waals surface area contributed by atoms with E-state index in [9.17, 15) is 4.79 Å². The summed E-state index contributed by atoms with van der Waals surface area (Å²) in [7, 11) is 0. The molecule has 2 aromatic rings. The van der Waals surface area contributed by atoms with Crippen LogP contribution in [0.1, 0.15) is 28.9 Å². The summed E-state index contributed by atoms with van der Waals surface area (Å²) in [5, 5.41) is 4.60. The molecule has 4 rings (SSSR count). The highest BCUT2D eigenvalue weighted by molar-refractivity contribution is 5.97. The van der Waals surface area contributed by atoms with Crippen LogP contribution in [0.15, 0.2) is 24.3 Å². The average molecular weight is 341 g/mol. The van der Waals surface area contributed by atoms with Crippen LogP contribution in [0.2, 0.25) is 0 Å². The van der Waals surface area contributed by atoms with Crippen LogP contribution < -0.4 is 5.32 Å². The van der Waals surface area contributed by atoms with E-state index in [1.54, 1.807) is 0 Å². The summed E-state index contributed by atoms with van der Waals surface area (Å²) in [5.41, 5.74) is 3.71. The summed E-state index contributed by atoms with van der Waals surface area (Å²) in [5.74, 6) is 0.168. The molecule has 0 saturated carbocycles. The van der Waals surface area contributed by atoms with E-state index in [-0.39, 0.29) is 5.91 Å². The third-order valence-electron chi connectivity index (χ3n) is 5.41. The van der Waals surface area contributed by atoms with Crippen molar-refractivity contribution in [2.75, 3.05) is 45.9 Å². The zero-order valence-corrected chi connectivity index (χ0v) is 14.8. The molecular formula is C20H27N3O2. The quantitative estimate of drug-likeness (QED) is 0.846. The summed E-state index contributed by atoms with van der Waals surface area (Å²) in [6.07, 6.45) is 4.53. The first-order chi connectivity index (χ1) is 12.3. The van der Waals surface area contributed by atoms with E-state index in [2.05, 4.69) is 28.4 Å². The molecule has 0 bridgehead atoms. The van der Waals surface area contributed by atoms with Crippen LogP contribution in [0.5, 0.6) is 0 Å². The molecule has 1 N–H and O–H groups in total. The molecule has 5 heteroatoms.